The molecule has 5 heteroatoms. The molecule has 31 heavy (non-hydrogen) atoms. The second kappa shape index (κ2) is 8.57. The van der Waals surface area contributed by atoms with E-state index >= 15 is 0 Å². The zero-order valence-electron chi connectivity index (χ0n) is 18.0. The second-order valence-electron chi connectivity index (χ2n) is 8.95. The van der Waals surface area contributed by atoms with E-state index in [0.29, 0.717) is 22.2 Å². The number of amides is 1. The van der Waals surface area contributed by atoms with Crippen LogP contribution in [0.25, 0.3) is 5.57 Å². The van der Waals surface area contributed by atoms with Crippen molar-refractivity contribution in [1.82, 2.24) is 4.57 Å². The van der Waals surface area contributed by atoms with Gasteiger partial charge in [0.1, 0.15) is 0 Å². The van der Waals surface area contributed by atoms with Crippen LogP contribution in [0, 0.1) is 0 Å². The quantitative estimate of drug-likeness (QED) is 0.443. The Hall–Kier alpha value is -2.49. The number of aryl methyl sites for hydroxylation is 1. The first-order chi connectivity index (χ1) is 14.7. The summed E-state index contributed by atoms with van der Waals surface area (Å²) in [4.78, 5) is 13.4. The molecule has 0 unspecified atom stereocenters. The number of nitrogens with one attached hydrogen (secondary N) is 1. The molecule has 1 N–H and O–H groups in total. The van der Waals surface area contributed by atoms with E-state index in [2.05, 4.69) is 67.2 Å². The van der Waals surface area contributed by atoms with Crippen LogP contribution in [0.1, 0.15) is 50.4 Å². The number of fused-ring (bicyclic) bond motifs is 1. The van der Waals surface area contributed by atoms with Gasteiger partial charge in [-0.1, -0.05) is 68.2 Å². The van der Waals surface area contributed by atoms with E-state index in [-0.39, 0.29) is 11.3 Å². The largest absolute Gasteiger partial charge is 0.347 e. The van der Waals surface area contributed by atoms with E-state index in [0.717, 1.165) is 35.4 Å². The zero-order valence-corrected chi connectivity index (χ0v) is 19.5. The van der Waals surface area contributed by atoms with Crippen LogP contribution >= 0.6 is 23.2 Å². The van der Waals surface area contributed by atoms with E-state index in [1.807, 2.05) is 6.07 Å². The summed E-state index contributed by atoms with van der Waals surface area (Å²) in [6.07, 6.45) is 3.66. The molecule has 0 aliphatic carbocycles. The van der Waals surface area contributed by atoms with Gasteiger partial charge in [-0.05, 0) is 59.7 Å². The highest BCUT2D eigenvalue weighted by Crippen LogP contribution is 2.35. The molecule has 4 rings (SSSR count). The molecule has 0 radical (unpaired) electrons. The molecule has 1 aliphatic rings. The number of nitrogens with zero attached hydrogens (tertiary/aromatic N) is 1. The van der Waals surface area contributed by atoms with Crippen LogP contribution in [0.5, 0.6) is 0 Å². The molecule has 1 aromatic heterocycles. The van der Waals surface area contributed by atoms with Gasteiger partial charge in [-0.3, -0.25) is 4.79 Å². The topological polar surface area (TPSA) is 34.0 Å². The lowest BCUT2D eigenvalue weighted by Crippen LogP contribution is -2.17. The molecule has 2 aromatic carbocycles. The van der Waals surface area contributed by atoms with Gasteiger partial charge in [0, 0.05) is 34.6 Å². The Bertz CT molecular complexity index is 1150. The van der Waals surface area contributed by atoms with Crippen molar-refractivity contribution in [3.63, 3.8) is 0 Å². The Balaban J connectivity index is 1.80. The molecule has 0 fully saturated rings. The van der Waals surface area contributed by atoms with Gasteiger partial charge in [0.25, 0.3) is 5.91 Å². The van der Waals surface area contributed by atoms with Crippen molar-refractivity contribution in [2.24, 2.45) is 0 Å². The van der Waals surface area contributed by atoms with Crippen molar-refractivity contribution in [2.75, 3.05) is 5.32 Å². The maximum Gasteiger partial charge on any atom is 0.252 e. The van der Waals surface area contributed by atoms with Crippen LogP contribution in [0.3, 0.4) is 0 Å². The highest BCUT2D eigenvalue weighted by Gasteiger charge is 2.24. The van der Waals surface area contributed by atoms with Crippen molar-refractivity contribution >= 4 is 40.4 Å². The van der Waals surface area contributed by atoms with Crippen LogP contribution in [0.15, 0.2) is 66.4 Å². The molecule has 0 bridgehead atoms. The fourth-order valence-corrected chi connectivity index (χ4v) is 4.47. The number of halogens is 2. The molecule has 3 nitrogen and oxygen atoms in total. The smallest absolute Gasteiger partial charge is 0.252 e. The van der Waals surface area contributed by atoms with Gasteiger partial charge in [0.2, 0.25) is 0 Å². The molecular weight excluding hydrogens is 427 g/mol. The van der Waals surface area contributed by atoms with Crippen LogP contribution in [0.4, 0.5) is 5.69 Å². The SMILES string of the molecule is CC(C)(C)c1ccc(C2=C(C(=O)Nc3ccc(Cl)cc3Cl)CCCn3cccc32)cc1. The highest BCUT2D eigenvalue weighted by atomic mass is 35.5. The molecule has 1 amide bonds. The lowest BCUT2D eigenvalue weighted by Gasteiger charge is -2.20. The first kappa shape index (κ1) is 21.7. The Labute approximate surface area is 193 Å². The Morgan fingerprint density at radius 3 is 2.45 bits per heavy atom. The second-order valence-corrected chi connectivity index (χ2v) is 9.79. The van der Waals surface area contributed by atoms with Crippen molar-refractivity contribution in [2.45, 2.75) is 45.6 Å². The summed E-state index contributed by atoms with van der Waals surface area (Å²) in [7, 11) is 0. The van der Waals surface area contributed by atoms with E-state index in [1.165, 1.54) is 5.56 Å². The molecule has 3 aromatic rings. The fourth-order valence-electron chi connectivity index (χ4n) is 4.02. The van der Waals surface area contributed by atoms with Gasteiger partial charge in [0.15, 0.2) is 0 Å². The standard InChI is InChI=1S/C26H26Cl2N2O/c1-26(2,3)18-10-8-17(9-11-18)24-20(6-4-14-30-15-5-7-23(24)30)25(31)29-22-13-12-19(27)16-21(22)28/h5,7-13,15-16H,4,6,14H2,1-3H3,(H,29,31). The molecule has 1 aliphatic heterocycles. The molecule has 2 heterocycles. The van der Waals surface area contributed by atoms with E-state index in [4.69, 9.17) is 23.2 Å². The number of carbonyl (C=O) groups is 1. The maximum atomic E-state index is 13.4. The van der Waals surface area contributed by atoms with Gasteiger partial charge in [-0.15, -0.1) is 0 Å². The molecule has 0 spiro atoms. The summed E-state index contributed by atoms with van der Waals surface area (Å²) in [5.74, 6) is -0.131. The van der Waals surface area contributed by atoms with E-state index in [9.17, 15) is 4.79 Å². The summed E-state index contributed by atoms with van der Waals surface area (Å²) in [5, 5.41) is 3.96. The first-order valence-corrected chi connectivity index (χ1v) is 11.3. The molecule has 0 atom stereocenters. The average Bonchev–Trinajstić information content (AvgIpc) is 3.09. The van der Waals surface area contributed by atoms with Gasteiger partial charge in [-0.2, -0.15) is 0 Å². The minimum absolute atomic E-state index is 0.0715. The lowest BCUT2D eigenvalue weighted by molar-refractivity contribution is -0.112. The number of hydrogen-bond donors (Lipinski definition) is 1. The number of hydrogen-bond acceptors (Lipinski definition) is 1. The van der Waals surface area contributed by atoms with Gasteiger partial charge >= 0.3 is 0 Å². The Morgan fingerprint density at radius 1 is 1.03 bits per heavy atom. The normalized spacial score (nSPS) is 14.2. The molecule has 160 valence electrons. The monoisotopic (exact) mass is 452 g/mol. The fraction of sp³-hybridized carbons (Fsp3) is 0.269. The minimum Gasteiger partial charge on any atom is -0.347 e. The lowest BCUT2D eigenvalue weighted by atomic mass is 9.85. The van der Waals surface area contributed by atoms with Crippen LogP contribution in [-0.2, 0) is 16.8 Å². The summed E-state index contributed by atoms with van der Waals surface area (Å²) in [6.45, 7) is 7.48. The highest BCUT2D eigenvalue weighted by molar-refractivity contribution is 6.36. The number of benzene rings is 2. The third-order valence-electron chi connectivity index (χ3n) is 5.71. The Kier molecular flexibility index (Phi) is 6.00. The predicted octanol–water partition coefficient (Wildman–Crippen LogP) is 7.33. The number of anilines is 1. The summed E-state index contributed by atoms with van der Waals surface area (Å²) in [6, 6.07) is 17.8. The maximum absolute atomic E-state index is 13.4. The van der Waals surface area contributed by atoms with Crippen molar-refractivity contribution in [3.8, 4) is 0 Å². The summed E-state index contributed by atoms with van der Waals surface area (Å²) in [5.41, 5.74) is 5.75. The van der Waals surface area contributed by atoms with Crippen molar-refractivity contribution in [1.29, 1.82) is 0 Å². The summed E-state index contributed by atoms with van der Waals surface area (Å²) >= 11 is 12.3. The molecule has 0 saturated carbocycles. The number of rotatable bonds is 3. The third kappa shape index (κ3) is 4.58. The van der Waals surface area contributed by atoms with E-state index in [1.54, 1.807) is 18.2 Å². The summed E-state index contributed by atoms with van der Waals surface area (Å²) < 4.78 is 2.22. The minimum atomic E-state index is -0.131. The number of aromatic nitrogens is 1. The van der Waals surface area contributed by atoms with E-state index < -0.39 is 0 Å². The molecular formula is C26H26Cl2N2O. The zero-order chi connectivity index (χ0) is 22.2. The average molecular weight is 453 g/mol. The van der Waals surface area contributed by atoms with Crippen molar-refractivity contribution in [3.05, 3.63) is 93.2 Å². The predicted molar refractivity (Wildman–Crippen MR) is 130 cm³/mol. The van der Waals surface area contributed by atoms with Gasteiger partial charge in [-0.25, -0.2) is 0 Å². The van der Waals surface area contributed by atoms with Crippen molar-refractivity contribution < 1.29 is 4.79 Å². The van der Waals surface area contributed by atoms with Gasteiger partial charge < -0.3 is 9.88 Å². The number of carbonyl (C=O) groups excluding carboxylic acids is 1. The first-order valence-electron chi connectivity index (χ1n) is 10.5. The third-order valence-corrected chi connectivity index (χ3v) is 6.25. The Morgan fingerprint density at radius 2 is 1.77 bits per heavy atom. The van der Waals surface area contributed by atoms with Crippen LogP contribution < -0.4 is 5.32 Å². The van der Waals surface area contributed by atoms with Gasteiger partial charge in [0.05, 0.1) is 10.7 Å². The van der Waals surface area contributed by atoms with Crippen LogP contribution in [0.2, 0.25) is 10.0 Å². The van der Waals surface area contributed by atoms with Crippen LogP contribution in [-0.4, -0.2) is 10.5 Å². The molecule has 0 saturated heterocycles.